The molecule has 0 aliphatic carbocycles. The zero-order valence-corrected chi connectivity index (χ0v) is 11.1. The van der Waals surface area contributed by atoms with Gasteiger partial charge in [0.25, 0.3) is 0 Å². The van der Waals surface area contributed by atoms with E-state index in [0.29, 0.717) is 12.0 Å². The van der Waals surface area contributed by atoms with E-state index >= 15 is 0 Å². The van der Waals surface area contributed by atoms with Gasteiger partial charge < -0.3 is 4.57 Å². The van der Waals surface area contributed by atoms with Gasteiger partial charge in [0, 0.05) is 17.2 Å². The van der Waals surface area contributed by atoms with Crippen molar-refractivity contribution in [2.24, 2.45) is 0 Å². The van der Waals surface area contributed by atoms with Gasteiger partial charge in [0.1, 0.15) is 0 Å². The van der Waals surface area contributed by atoms with Crippen LogP contribution in [0.5, 0.6) is 0 Å². The third-order valence-corrected chi connectivity index (χ3v) is 2.65. The Bertz CT molecular complexity index is 327. The molecule has 0 aliphatic heterocycles. The Morgan fingerprint density at radius 3 is 2.00 bits per heavy atom. The third kappa shape index (κ3) is 2.42. The number of nitrogens with zero attached hydrogens (tertiary/aromatic N) is 2. The van der Waals surface area contributed by atoms with E-state index in [9.17, 15) is 0 Å². The predicted molar refractivity (Wildman–Crippen MR) is 65.4 cm³/mol. The van der Waals surface area contributed by atoms with Crippen molar-refractivity contribution in [2.45, 2.75) is 65.8 Å². The molecule has 0 saturated heterocycles. The van der Waals surface area contributed by atoms with Crippen LogP contribution in [0.25, 0.3) is 0 Å². The first-order valence-corrected chi connectivity index (χ1v) is 5.82. The first-order chi connectivity index (χ1) is 6.75. The van der Waals surface area contributed by atoms with Crippen molar-refractivity contribution in [3.63, 3.8) is 0 Å². The van der Waals surface area contributed by atoms with Crippen LogP contribution in [0.3, 0.4) is 0 Å². The average Bonchev–Trinajstić information content (AvgIpc) is 2.45. The lowest BCUT2D eigenvalue weighted by molar-refractivity contribution is 0.526. The summed E-state index contributed by atoms with van der Waals surface area (Å²) in [5.41, 5.74) is 2.77. The number of imidazole rings is 1. The minimum atomic E-state index is 0.139. The molecule has 0 saturated carbocycles. The SMILES string of the molecule is CC(C)c1c(C(C)(C)C)ncn1C(C)C. The summed E-state index contributed by atoms with van der Waals surface area (Å²) in [7, 11) is 0. The van der Waals surface area contributed by atoms with Crippen molar-refractivity contribution >= 4 is 0 Å². The average molecular weight is 208 g/mol. The monoisotopic (exact) mass is 208 g/mol. The summed E-state index contributed by atoms with van der Waals surface area (Å²) in [4.78, 5) is 4.59. The largest absolute Gasteiger partial charge is 0.332 e. The highest BCUT2D eigenvalue weighted by atomic mass is 15.1. The molecule has 0 atom stereocenters. The zero-order valence-electron chi connectivity index (χ0n) is 11.1. The minimum Gasteiger partial charge on any atom is -0.332 e. The molecule has 0 amide bonds. The molecule has 1 heterocycles. The normalized spacial score (nSPS) is 12.9. The number of aromatic nitrogens is 2. The maximum atomic E-state index is 4.59. The minimum absolute atomic E-state index is 0.139. The molecule has 1 rings (SSSR count). The van der Waals surface area contributed by atoms with Gasteiger partial charge in [0.05, 0.1) is 12.0 Å². The number of hydrogen-bond acceptors (Lipinski definition) is 1. The third-order valence-electron chi connectivity index (χ3n) is 2.65. The lowest BCUT2D eigenvalue weighted by Gasteiger charge is -2.22. The molecule has 0 aromatic carbocycles. The molecule has 15 heavy (non-hydrogen) atoms. The van der Waals surface area contributed by atoms with Crippen LogP contribution in [0.1, 0.15) is 71.8 Å². The molecule has 0 fully saturated rings. The van der Waals surface area contributed by atoms with Gasteiger partial charge in [-0.1, -0.05) is 34.6 Å². The van der Waals surface area contributed by atoms with E-state index in [1.807, 2.05) is 6.33 Å². The molecule has 1 aromatic heterocycles. The van der Waals surface area contributed by atoms with Crippen molar-refractivity contribution in [1.82, 2.24) is 9.55 Å². The van der Waals surface area contributed by atoms with E-state index in [2.05, 4.69) is 58.0 Å². The second-order valence-electron chi connectivity index (χ2n) is 5.88. The number of hydrogen-bond donors (Lipinski definition) is 0. The number of rotatable bonds is 2. The van der Waals surface area contributed by atoms with Crippen LogP contribution < -0.4 is 0 Å². The highest BCUT2D eigenvalue weighted by molar-refractivity contribution is 5.24. The summed E-state index contributed by atoms with van der Waals surface area (Å²) in [6, 6.07) is 0.492. The smallest absolute Gasteiger partial charge is 0.0954 e. The van der Waals surface area contributed by atoms with E-state index in [1.165, 1.54) is 11.4 Å². The van der Waals surface area contributed by atoms with E-state index in [4.69, 9.17) is 0 Å². The van der Waals surface area contributed by atoms with Crippen LogP contribution in [0.2, 0.25) is 0 Å². The summed E-state index contributed by atoms with van der Waals surface area (Å²) in [6.07, 6.45) is 1.99. The summed E-state index contributed by atoms with van der Waals surface area (Å²) in [5, 5.41) is 0. The highest BCUT2D eigenvalue weighted by Gasteiger charge is 2.25. The van der Waals surface area contributed by atoms with Gasteiger partial charge in [-0.3, -0.25) is 0 Å². The van der Waals surface area contributed by atoms with Crippen LogP contribution in [0.15, 0.2) is 6.33 Å². The van der Waals surface area contributed by atoms with E-state index < -0.39 is 0 Å². The Balaban J connectivity index is 3.31. The fourth-order valence-electron chi connectivity index (χ4n) is 1.93. The fourth-order valence-corrected chi connectivity index (χ4v) is 1.93. The Morgan fingerprint density at radius 2 is 1.67 bits per heavy atom. The molecule has 86 valence electrons. The van der Waals surface area contributed by atoms with Gasteiger partial charge in [-0.15, -0.1) is 0 Å². The van der Waals surface area contributed by atoms with Crippen LogP contribution in [0.4, 0.5) is 0 Å². The molecular weight excluding hydrogens is 184 g/mol. The second-order valence-corrected chi connectivity index (χ2v) is 5.88. The highest BCUT2D eigenvalue weighted by Crippen LogP contribution is 2.30. The molecule has 0 spiro atoms. The lowest BCUT2D eigenvalue weighted by atomic mass is 9.88. The van der Waals surface area contributed by atoms with Crippen molar-refractivity contribution in [3.05, 3.63) is 17.7 Å². The van der Waals surface area contributed by atoms with Crippen LogP contribution in [-0.4, -0.2) is 9.55 Å². The Morgan fingerprint density at radius 1 is 1.13 bits per heavy atom. The van der Waals surface area contributed by atoms with Gasteiger partial charge in [-0.2, -0.15) is 0 Å². The van der Waals surface area contributed by atoms with Gasteiger partial charge >= 0.3 is 0 Å². The van der Waals surface area contributed by atoms with E-state index in [0.717, 1.165) is 0 Å². The molecule has 0 aliphatic rings. The summed E-state index contributed by atoms with van der Waals surface area (Å²) < 4.78 is 2.30. The molecule has 0 radical (unpaired) electrons. The molecule has 0 unspecified atom stereocenters. The Labute approximate surface area is 93.7 Å². The van der Waals surface area contributed by atoms with Crippen molar-refractivity contribution < 1.29 is 0 Å². The van der Waals surface area contributed by atoms with Crippen molar-refractivity contribution in [1.29, 1.82) is 0 Å². The summed E-state index contributed by atoms with van der Waals surface area (Å²) >= 11 is 0. The standard InChI is InChI=1S/C13H24N2/c1-9(2)11-12(13(5,6)7)14-8-15(11)10(3)4/h8-10H,1-7H3. The summed E-state index contributed by atoms with van der Waals surface area (Å²) in [5.74, 6) is 0.532. The first-order valence-electron chi connectivity index (χ1n) is 5.82. The van der Waals surface area contributed by atoms with E-state index in [-0.39, 0.29) is 5.41 Å². The zero-order chi connectivity index (χ0) is 11.8. The molecule has 0 N–H and O–H groups in total. The Hall–Kier alpha value is -0.790. The van der Waals surface area contributed by atoms with Crippen LogP contribution in [0, 0.1) is 0 Å². The van der Waals surface area contributed by atoms with Gasteiger partial charge in [0.15, 0.2) is 0 Å². The Kier molecular flexibility index (Phi) is 3.27. The molecular formula is C13H24N2. The predicted octanol–water partition coefficient (Wildman–Crippen LogP) is 3.88. The topological polar surface area (TPSA) is 17.8 Å². The molecule has 0 bridgehead atoms. The van der Waals surface area contributed by atoms with Crippen LogP contribution in [-0.2, 0) is 5.41 Å². The van der Waals surface area contributed by atoms with Gasteiger partial charge in [-0.25, -0.2) is 4.98 Å². The lowest BCUT2D eigenvalue weighted by Crippen LogP contribution is -2.17. The fraction of sp³-hybridized carbons (Fsp3) is 0.769. The van der Waals surface area contributed by atoms with Crippen molar-refractivity contribution in [3.8, 4) is 0 Å². The molecule has 1 aromatic rings. The molecule has 2 heteroatoms. The maximum absolute atomic E-state index is 4.59. The summed E-state index contributed by atoms with van der Waals surface area (Å²) in [6.45, 7) is 15.6. The van der Waals surface area contributed by atoms with E-state index in [1.54, 1.807) is 0 Å². The second kappa shape index (κ2) is 3.99. The van der Waals surface area contributed by atoms with Gasteiger partial charge in [0.2, 0.25) is 0 Å². The molecule has 2 nitrogen and oxygen atoms in total. The maximum Gasteiger partial charge on any atom is 0.0954 e. The quantitative estimate of drug-likeness (QED) is 0.721. The van der Waals surface area contributed by atoms with Gasteiger partial charge in [-0.05, 0) is 19.8 Å². The van der Waals surface area contributed by atoms with Crippen LogP contribution >= 0.6 is 0 Å². The first kappa shape index (κ1) is 12.3. The van der Waals surface area contributed by atoms with Crippen molar-refractivity contribution in [2.75, 3.05) is 0 Å².